The Bertz CT molecular complexity index is 3670. The molecule has 2 bridgehead atoms. The van der Waals surface area contributed by atoms with Crippen LogP contribution in [0.15, 0.2) is 133 Å². The van der Waals surface area contributed by atoms with Gasteiger partial charge in [-0.05, 0) is 248 Å². The van der Waals surface area contributed by atoms with E-state index in [1.165, 1.54) is 80.7 Å². The Kier molecular flexibility index (Phi) is 15.8. The van der Waals surface area contributed by atoms with Crippen LogP contribution in [0.3, 0.4) is 0 Å². The van der Waals surface area contributed by atoms with E-state index in [1.807, 2.05) is 0 Å². The molecule has 2 spiro atoms. The minimum absolute atomic E-state index is 0.0694. The lowest BCUT2D eigenvalue weighted by molar-refractivity contribution is -0.331. The van der Waals surface area contributed by atoms with Crippen molar-refractivity contribution in [2.45, 2.75) is 235 Å². The highest BCUT2D eigenvalue weighted by Crippen LogP contribution is 2.81. The van der Waals surface area contributed by atoms with Gasteiger partial charge in [-0.2, -0.15) is 0 Å². The van der Waals surface area contributed by atoms with Crippen molar-refractivity contribution in [1.82, 2.24) is 0 Å². The third-order valence-corrected chi connectivity index (χ3v) is 29.1. The molecule has 7 fully saturated rings. The van der Waals surface area contributed by atoms with Crippen LogP contribution in [0.2, 0.25) is 0 Å². The first-order valence-electron chi connectivity index (χ1n) is 37.0. The van der Waals surface area contributed by atoms with Gasteiger partial charge < -0.3 is 24.8 Å². The van der Waals surface area contributed by atoms with Gasteiger partial charge in [0.05, 0.1) is 29.1 Å². The quantitative estimate of drug-likeness (QED) is 0.0795. The molecule has 0 radical (unpaired) electrons. The Labute approximate surface area is 548 Å². The van der Waals surface area contributed by atoms with E-state index >= 15 is 4.79 Å². The second kappa shape index (κ2) is 23.7. The summed E-state index contributed by atoms with van der Waals surface area (Å²) in [6, 6.07) is 45.8. The maximum atomic E-state index is 16.0. The number of benzene rings is 5. The zero-order chi connectivity index (χ0) is 62.8. The van der Waals surface area contributed by atoms with Gasteiger partial charge in [-0.25, -0.2) is 4.79 Å². The smallest absolute Gasteiger partial charge is 0.331 e. The molecule has 16 rings (SSSR count). The minimum atomic E-state index is -1.65. The molecule has 5 aromatic carbocycles. The van der Waals surface area contributed by atoms with Gasteiger partial charge in [0.2, 0.25) is 0 Å². The third kappa shape index (κ3) is 9.61. The molecule has 7 nitrogen and oxygen atoms in total. The highest BCUT2D eigenvalue weighted by Gasteiger charge is 2.77. The highest BCUT2D eigenvalue weighted by atomic mass is 16.5. The summed E-state index contributed by atoms with van der Waals surface area (Å²) in [4.78, 5) is 28.8. The fourth-order valence-corrected chi connectivity index (χ4v) is 25.2. The average Bonchev–Trinajstić information content (AvgIpc) is 1.31. The minimum Gasteiger partial charge on any atom is -0.462 e. The molecule has 7 saturated carbocycles. The largest absolute Gasteiger partial charge is 0.462 e. The molecule has 92 heavy (non-hydrogen) atoms. The van der Waals surface area contributed by atoms with Crippen LogP contribution in [0.1, 0.15) is 226 Å². The second-order valence-corrected chi connectivity index (χ2v) is 33.2. The first-order chi connectivity index (χ1) is 44.7. The lowest BCUT2D eigenvalue weighted by Crippen LogP contribution is -2.77. The zero-order valence-electron chi connectivity index (χ0n) is 55.4. The van der Waals surface area contributed by atoms with Crippen LogP contribution in [0.5, 0.6) is 0 Å². The van der Waals surface area contributed by atoms with Gasteiger partial charge in [-0.15, -0.1) is 0 Å². The van der Waals surface area contributed by atoms with Crippen molar-refractivity contribution in [1.29, 1.82) is 0 Å². The number of carbonyl (C=O) groups excluding carboxylic acids is 2. The van der Waals surface area contributed by atoms with Gasteiger partial charge in [-0.3, -0.25) is 4.79 Å². The monoisotopic (exact) mass is 1230 g/mol. The summed E-state index contributed by atoms with van der Waals surface area (Å²) >= 11 is 0. The van der Waals surface area contributed by atoms with Crippen molar-refractivity contribution in [3.05, 3.63) is 166 Å². The summed E-state index contributed by atoms with van der Waals surface area (Å²) in [7, 11) is 0. The van der Waals surface area contributed by atoms with Crippen molar-refractivity contribution in [3.63, 3.8) is 0 Å². The summed E-state index contributed by atoms with van der Waals surface area (Å²) in [5, 5.41) is 46.3. The lowest BCUT2D eigenvalue weighted by atomic mass is 9.36. The number of ether oxygens (including phenoxy) is 2. The number of cyclic esters (lactones) is 1. The van der Waals surface area contributed by atoms with Crippen LogP contribution in [-0.2, 0) is 37.3 Å². The van der Waals surface area contributed by atoms with E-state index in [4.69, 9.17) is 9.47 Å². The van der Waals surface area contributed by atoms with Crippen LogP contribution in [-0.4, -0.2) is 57.8 Å². The summed E-state index contributed by atoms with van der Waals surface area (Å²) < 4.78 is 13.0. The van der Waals surface area contributed by atoms with E-state index in [0.29, 0.717) is 62.2 Å². The van der Waals surface area contributed by atoms with Crippen molar-refractivity contribution < 1.29 is 34.4 Å². The van der Waals surface area contributed by atoms with Crippen LogP contribution < -0.4 is 0 Å². The van der Waals surface area contributed by atoms with Gasteiger partial charge >= 0.3 is 11.9 Å². The standard InChI is InChI=1S/C85H102O7/c1-54(19-17-24-56-20-7-4-8-21-56)45-62-33-32-60-31-30-58(47-57-22-9-5-10-23-57)48-67(60)79(89)92-71-46-55(2)84(90,44-36-59-49-73(87)91-52-59)85(78(62)88)72(86)38-42-80(3,77(71)85)64-37-43-83-53-81(39-15-16-40-81)70-51-82(63-26-11-6-12-27-63)41-14-13-29-68(82)66-35-34-61-25-18-28-65(69(83)50-64)74(61)75(66)76(70)83/h4-12,18,20-23,25-28,34-35,49,54-55,58,60,62,64,67-72,76-78,86,88,90H,13-17,19,24,29-31,36-48,50-53H2,1-3H3. The molecule has 9 aliphatic carbocycles. The summed E-state index contributed by atoms with van der Waals surface area (Å²) in [5.41, 5.74) is 6.61. The Morgan fingerprint density at radius 1 is 0.717 bits per heavy atom. The van der Waals surface area contributed by atoms with Gasteiger partial charge in [-0.1, -0.05) is 186 Å². The average molecular weight is 1240 g/mol. The Morgan fingerprint density at radius 2 is 1.48 bits per heavy atom. The molecule has 2 aliphatic heterocycles. The van der Waals surface area contributed by atoms with E-state index < -0.39 is 58.4 Å². The number of aliphatic hydroxyl groups excluding tert-OH is 2. The van der Waals surface area contributed by atoms with E-state index in [9.17, 15) is 20.1 Å². The topological polar surface area (TPSA) is 113 Å². The van der Waals surface area contributed by atoms with Gasteiger partial charge in [0, 0.05) is 29.2 Å². The maximum absolute atomic E-state index is 16.0. The number of fused-ring (bicyclic) bond motifs is 5. The van der Waals surface area contributed by atoms with Crippen LogP contribution in [0.4, 0.5) is 0 Å². The molecular formula is C85H102O7. The Balaban J connectivity index is 0.840. The van der Waals surface area contributed by atoms with E-state index in [-0.39, 0.29) is 64.9 Å². The molecule has 20 atom stereocenters. The predicted molar refractivity (Wildman–Crippen MR) is 363 cm³/mol. The number of esters is 2. The Hall–Kier alpha value is -5.52. The molecule has 20 unspecified atom stereocenters. The number of rotatable bonds is 13. The molecule has 7 heteroatoms. The van der Waals surface area contributed by atoms with Gasteiger partial charge in [0.15, 0.2) is 0 Å². The molecule has 0 amide bonds. The predicted octanol–water partition coefficient (Wildman–Crippen LogP) is 17.4. The van der Waals surface area contributed by atoms with Gasteiger partial charge in [0.25, 0.3) is 0 Å². The molecular weight excluding hydrogens is 1130 g/mol. The highest BCUT2D eigenvalue weighted by molar-refractivity contribution is 5.93. The fourth-order valence-electron chi connectivity index (χ4n) is 25.2. The summed E-state index contributed by atoms with van der Waals surface area (Å²) in [6.45, 7) is 7.07. The lowest BCUT2D eigenvalue weighted by Gasteiger charge is -2.71. The number of aryl methyl sites for hydroxylation is 1. The fraction of sp³-hybridized carbons (Fsp3) is 0.600. The molecule has 5 aromatic rings. The maximum Gasteiger partial charge on any atom is 0.331 e. The first-order valence-corrected chi connectivity index (χ1v) is 37.0. The molecule has 11 aliphatic rings. The van der Waals surface area contributed by atoms with Crippen molar-refractivity contribution in [2.24, 2.45) is 74.9 Å². The molecule has 484 valence electrons. The van der Waals surface area contributed by atoms with Crippen molar-refractivity contribution >= 4 is 22.7 Å². The second-order valence-electron chi connectivity index (χ2n) is 33.2. The number of carbonyl (C=O) groups is 2. The van der Waals surface area contributed by atoms with E-state index in [1.54, 1.807) is 33.7 Å². The Morgan fingerprint density at radius 3 is 2.25 bits per heavy atom. The number of hydrogen-bond donors (Lipinski definition) is 3. The zero-order valence-corrected chi connectivity index (χ0v) is 55.4. The first kappa shape index (κ1) is 61.4. The summed E-state index contributed by atoms with van der Waals surface area (Å²) in [6.07, 6.45) is 23.5. The van der Waals surface area contributed by atoms with E-state index in [0.717, 1.165) is 63.4 Å². The van der Waals surface area contributed by atoms with Crippen LogP contribution in [0, 0.1) is 86.8 Å². The van der Waals surface area contributed by atoms with Crippen molar-refractivity contribution in [2.75, 3.05) is 6.61 Å². The number of aliphatic hydroxyl groups is 3. The van der Waals surface area contributed by atoms with Crippen LogP contribution >= 0.6 is 0 Å². The van der Waals surface area contributed by atoms with E-state index in [2.05, 4.69) is 154 Å². The molecule has 0 aromatic heterocycles. The molecule has 0 saturated heterocycles. The SMILES string of the molecule is CC(CCCc1ccccc1)CC1C#CC2CCC(Cc3ccccc3)CC2C(=O)OC2CC(C)C(O)(CCC3=CC(=O)OC3)C3(C(O)CCC(C)(C4CCC56CC7(CCCC7)C7CC8(c9ccccc9)CCCCC8c8ccc9cccc(c9c8C75)C6C4)C23)C1O. The van der Waals surface area contributed by atoms with Crippen molar-refractivity contribution in [3.8, 4) is 11.8 Å². The normalized spacial score (nSPS) is 40.0. The van der Waals surface area contributed by atoms with Gasteiger partial charge in [0.1, 0.15) is 12.7 Å². The van der Waals surface area contributed by atoms with Crippen LogP contribution in [0.25, 0.3) is 10.8 Å². The number of hydrogen-bond acceptors (Lipinski definition) is 7. The molecule has 3 N–H and O–H groups in total. The third-order valence-electron chi connectivity index (χ3n) is 29.1. The molecule has 2 heterocycles. The summed E-state index contributed by atoms with van der Waals surface area (Å²) in [5.74, 6) is 7.16.